The minimum Gasteiger partial charge on any atom is -0.490 e. The lowest BCUT2D eigenvalue weighted by molar-refractivity contribution is 0.108. The van der Waals surface area contributed by atoms with Crippen molar-refractivity contribution in [1.82, 2.24) is 0 Å². The molecule has 0 unspecified atom stereocenters. The molecule has 1 aromatic rings. The van der Waals surface area contributed by atoms with E-state index in [-0.39, 0.29) is 0 Å². The van der Waals surface area contributed by atoms with E-state index in [1.165, 1.54) is 0 Å². The highest BCUT2D eigenvalue weighted by Crippen LogP contribution is 2.33. The van der Waals surface area contributed by atoms with Gasteiger partial charge in [-0.2, -0.15) is 0 Å². The van der Waals surface area contributed by atoms with Gasteiger partial charge in [-0.3, -0.25) is 4.79 Å². The first-order chi connectivity index (χ1) is 9.76. The number of ether oxygens (including phenoxy) is 3. The molecule has 20 heavy (non-hydrogen) atoms. The minimum atomic E-state index is 0.443. The average Bonchev–Trinajstić information content (AvgIpc) is 2.45. The van der Waals surface area contributed by atoms with E-state index in [0.29, 0.717) is 49.9 Å². The Hall–Kier alpha value is -1.81. The van der Waals surface area contributed by atoms with Crippen LogP contribution in [-0.4, -0.2) is 32.7 Å². The zero-order valence-electron chi connectivity index (χ0n) is 12.2. The van der Waals surface area contributed by atoms with E-state index < -0.39 is 0 Å². The summed E-state index contributed by atoms with van der Waals surface area (Å²) in [6.07, 6.45) is 3.19. The first-order valence-electron chi connectivity index (χ1n) is 6.83. The molecule has 0 aliphatic rings. The molecule has 1 aromatic carbocycles. The Balaban J connectivity index is 3.00. The third kappa shape index (κ3) is 4.70. The topological polar surface area (TPSA) is 44.8 Å². The number of allylic oxidation sites excluding steroid dienone is 1. The van der Waals surface area contributed by atoms with Crippen molar-refractivity contribution in [2.75, 3.05) is 26.4 Å². The molecule has 0 N–H and O–H groups in total. The molecule has 0 saturated carbocycles. The van der Waals surface area contributed by atoms with Crippen molar-refractivity contribution in [3.05, 3.63) is 35.9 Å². The molecule has 0 atom stereocenters. The Bertz CT molecular complexity index is 440. The molecule has 0 fully saturated rings. The molecular formula is C16H22O4. The van der Waals surface area contributed by atoms with Crippen molar-refractivity contribution < 1.29 is 19.0 Å². The van der Waals surface area contributed by atoms with E-state index in [1.54, 1.807) is 18.2 Å². The Labute approximate surface area is 120 Å². The number of hydrogen-bond acceptors (Lipinski definition) is 4. The van der Waals surface area contributed by atoms with E-state index in [2.05, 4.69) is 6.58 Å². The molecule has 0 heterocycles. The number of carbonyl (C=O) groups excluding carboxylic acids is 1. The van der Waals surface area contributed by atoms with Crippen molar-refractivity contribution >= 4 is 6.29 Å². The van der Waals surface area contributed by atoms with Crippen LogP contribution in [-0.2, 0) is 11.2 Å². The number of rotatable bonds is 10. The number of carbonyl (C=O) groups is 1. The molecule has 0 aliphatic heterocycles. The molecule has 0 saturated heterocycles. The third-order valence-electron chi connectivity index (χ3n) is 2.63. The van der Waals surface area contributed by atoms with Crippen molar-refractivity contribution in [3.63, 3.8) is 0 Å². The van der Waals surface area contributed by atoms with Crippen molar-refractivity contribution in [2.45, 2.75) is 20.3 Å². The van der Waals surface area contributed by atoms with Gasteiger partial charge < -0.3 is 14.2 Å². The largest absolute Gasteiger partial charge is 0.490 e. The third-order valence-corrected chi connectivity index (χ3v) is 2.63. The predicted octanol–water partition coefficient (Wildman–Crippen LogP) is 3.04. The van der Waals surface area contributed by atoms with Gasteiger partial charge in [0.1, 0.15) is 12.9 Å². The highest BCUT2D eigenvalue weighted by molar-refractivity contribution is 5.77. The molecule has 0 spiro atoms. The van der Waals surface area contributed by atoms with Gasteiger partial charge in [0.05, 0.1) is 13.2 Å². The Kier molecular flexibility index (Phi) is 7.43. The Morgan fingerprint density at radius 3 is 2.55 bits per heavy atom. The lowest BCUT2D eigenvalue weighted by Gasteiger charge is -2.16. The summed E-state index contributed by atoms with van der Waals surface area (Å²) in [6.45, 7) is 9.69. The van der Waals surface area contributed by atoms with E-state index in [1.807, 2.05) is 13.8 Å². The van der Waals surface area contributed by atoms with Gasteiger partial charge in [0.25, 0.3) is 0 Å². The highest BCUT2D eigenvalue weighted by Gasteiger charge is 2.13. The van der Waals surface area contributed by atoms with Gasteiger partial charge in [-0.25, -0.2) is 0 Å². The van der Waals surface area contributed by atoms with Gasteiger partial charge in [0.2, 0.25) is 0 Å². The summed E-state index contributed by atoms with van der Waals surface area (Å²) >= 11 is 0. The molecule has 110 valence electrons. The fraction of sp³-hybridized carbons (Fsp3) is 0.438. The molecule has 4 nitrogen and oxygen atoms in total. The van der Waals surface area contributed by atoms with E-state index >= 15 is 0 Å². The van der Waals surface area contributed by atoms with Crippen LogP contribution in [0.5, 0.6) is 11.5 Å². The summed E-state index contributed by atoms with van der Waals surface area (Å²) in [4.78, 5) is 11.0. The molecule has 0 aromatic heterocycles. The number of aldehydes is 1. The molecule has 0 radical (unpaired) electrons. The van der Waals surface area contributed by atoms with Crippen LogP contribution in [0.25, 0.3) is 0 Å². The maximum absolute atomic E-state index is 11.0. The van der Waals surface area contributed by atoms with Gasteiger partial charge in [-0.05, 0) is 32.4 Å². The second-order valence-electron chi connectivity index (χ2n) is 4.10. The molecule has 0 aliphatic carbocycles. The monoisotopic (exact) mass is 278 g/mol. The maximum Gasteiger partial charge on any atom is 0.164 e. The SMILES string of the molecule is C=CCc1cc(C=O)cc(OCC)c1OCCOCC. The summed E-state index contributed by atoms with van der Waals surface area (Å²) in [5.74, 6) is 1.25. The first-order valence-corrected chi connectivity index (χ1v) is 6.83. The second kappa shape index (κ2) is 9.15. The summed E-state index contributed by atoms with van der Waals surface area (Å²) in [5, 5.41) is 0. The zero-order chi connectivity index (χ0) is 14.8. The standard InChI is InChI=1S/C16H22O4/c1-4-7-14-10-13(12-17)11-15(19-6-3)16(14)20-9-8-18-5-2/h4,10-12H,1,5-9H2,2-3H3. The molecule has 1 rings (SSSR count). The van der Waals surface area contributed by atoms with Gasteiger partial charge in [0, 0.05) is 17.7 Å². The molecular weight excluding hydrogens is 256 g/mol. The molecule has 4 heteroatoms. The van der Waals surface area contributed by atoms with Crippen LogP contribution in [0, 0.1) is 0 Å². The fourth-order valence-electron chi connectivity index (χ4n) is 1.83. The summed E-state index contributed by atoms with van der Waals surface area (Å²) < 4.78 is 16.6. The van der Waals surface area contributed by atoms with Crippen LogP contribution in [0.3, 0.4) is 0 Å². The van der Waals surface area contributed by atoms with Crippen LogP contribution in [0.4, 0.5) is 0 Å². The van der Waals surface area contributed by atoms with Crippen LogP contribution in [0.15, 0.2) is 24.8 Å². The maximum atomic E-state index is 11.0. The minimum absolute atomic E-state index is 0.443. The zero-order valence-corrected chi connectivity index (χ0v) is 12.2. The average molecular weight is 278 g/mol. The van der Waals surface area contributed by atoms with Crippen LogP contribution in [0.2, 0.25) is 0 Å². The Morgan fingerprint density at radius 1 is 1.15 bits per heavy atom. The van der Waals surface area contributed by atoms with Gasteiger partial charge in [-0.1, -0.05) is 6.08 Å². The van der Waals surface area contributed by atoms with E-state index in [0.717, 1.165) is 11.8 Å². The lowest BCUT2D eigenvalue weighted by atomic mass is 10.1. The van der Waals surface area contributed by atoms with Crippen molar-refractivity contribution in [1.29, 1.82) is 0 Å². The van der Waals surface area contributed by atoms with Crippen molar-refractivity contribution in [3.8, 4) is 11.5 Å². The second-order valence-corrected chi connectivity index (χ2v) is 4.10. The lowest BCUT2D eigenvalue weighted by Crippen LogP contribution is -2.09. The van der Waals surface area contributed by atoms with Crippen LogP contribution in [0.1, 0.15) is 29.8 Å². The van der Waals surface area contributed by atoms with Crippen LogP contribution < -0.4 is 9.47 Å². The number of benzene rings is 1. The molecule has 0 bridgehead atoms. The smallest absolute Gasteiger partial charge is 0.164 e. The van der Waals surface area contributed by atoms with E-state index in [4.69, 9.17) is 14.2 Å². The summed E-state index contributed by atoms with van der Waals surface area (Å²) in [5.41, 5.74) is 1.46. The first kappa shape index (κ1) is 16.2. The highest BCUT2D eigenvalue weighted by atomic mass is 16.5. The van der Waals surface area contributed by atoms with Gasteiger partial charge >= 0.3 is 0 Å². The Morgan fingerprint density at radius 2 is 1.95 bits per heavy atom. The molecule has 0 amide bonds. The summed E-state index contributed by atoms with van der Waals surface area (Å²) in [6, 6.07) is 3.49. The fourth-order valence-corrected chi connectivity index (χ4v) is 1.83. The van der Waals surface area contributed by atoms with E-state index in [9.17, 15) is 4.79 Å². The van der Waals surface area contributed by atoms with Gasteiger partial charge in [0.15, 0.2) is 11.5 Å². The predicted molar refractivity (Wildman–Crippen MR) is 78.9 cm³/mol. The van der Waals surface area contributed by atoms with Crippen LogP contribution >= 0.6 is 0 Å². The normalized spacial score (nSPS) is 10.1. The van der Waals surface area contributed by atoms with Gasteiger partial charge in [-0.15, -0.1) is 6.58 Å². The summed E-state index contributed by atoms with van der Waals surface area (Å²) in [7, 11) is 0. The number of hydrogen-bond donors (Lipinski definition) is 0. The van der Waals surface area contributed by atoms with Crippen molar-refractivity contribution in [2.24, 2.45) is 0 Å². The quantitative estimate of drug-likeness (QED) is 0.375.